The first kappa shape index (κ1) is 21.5. The first-order valence-electron chi connectivity index (χ1n) is 10.6. The van der Waals surface area contributed by atoms with Gasteiger partial charge in [0.05, 0.1) is 10.8 Å². The Kier molecular flexibility index (Phi) is 6.38. The van der Waals surface area contributed by atoms with Crippen LogP contribution in [0.4, 0.5) is 0 Å². The van der Waals surface area contributed by atoms with Crippen molar-refractivity contribution in [1.29, 1.82) is 0 Å². The van der Waals surface area contributed by atoms with Crippen LogP contribution >= 0.6 is 0 Å². The Morgan fingerprint density at radius 3 is 2.39 bits per heavy atom. The van der Waals surface area contributed by atoms with E-state index in [0.29, 0.717) is 19.6 Å². The van der Waals surface area contributed by atoms with Crippen molar-refractivity contribution in [3.63, 3.8) is 0 Å². The van der Waals surface area contributed by atoms with Gasteiger partial charge >= 0.3 is 0 Å². The zero-order valence-corrected chi connectivity index (χ0v) is 18.1. The van der Waals surface area contributed by atoms with Crippen molar-refractivity contribution in [2.24, 2.45) is 5.92 Å². The van der Waals surface area contributed by atoms with Gasteiger partial charge in [-0.15, -0.1) is 0 Å². The molecule has 31 heavy (non-hydrogen) atoms. The minimum absolute atomic E-state index is 0.00815. The standard InChI is InChI=1S/C23H27N3O4S/c27-22-14-19(16-26(22)13-12-17-4-2-1-3-5-17)23(28)24-15-18-6-10-21(11-7-18)31(29,30)25-20-8-9-20/h1-7,10-11,19-20,25H,8-9,12-16H2,(H,24,28). The van der Waals surface area contributed by atoms with E-state index in [1.54, 1.807) is 29.2 Å². The monoisotopic (exact) mass is 441 g/mol. The largest absolute Gasteiger partial charge is 0.352 e. The summed E-state index contributed by atoms with van der Waals surface area (Å²) in [5.74, 6) is -0.498. The molecule has 2 aromatic rings. The van der Waals surface area contributed by atoms with Crippen LogP contribution in [0.3, 0.4) is 0 Å². The van der Waals surface area contributed by atoms with Crippen LogP contribution in [0.15, 0.2) is 59.5 Å². The minimum Gasteiger partial charge on any atom is -0.352 e. The molecular weight excluding hydrogens is 414 g/mol. The van der Waals surface area contributed by atoms with E-state index in [-0.39, 0.29) is 35.1 Å². The van der Waals surface area contributed by atoms with Crippen LogP contribution in [-0.2, 0) is 32.6 Å². The van der Waals surface area contributed by atoms with E-state index in [9.17, 15) is 18.0 Å². The van der Waals surface area contributed by atoms with Gasteiger partial charge in [-0.25, -0.2) is 13.1 Å². The molecule has 2 fully saturated rings. The summed E-state index contributed by atoms with van der Waals surface area (Å²) in [5.41, 5.74) is 1.98. The molecule has 0 radical (unpaired) electrons. The highest BCUT2D eigenvalue weighted by Crippen LogP contribution is 2.22. The molecule has 0 bridgehead atoms. The van der Waals surface area contributed by atoms with Gasteiger partial charge in [-0.3, -0.25) is 9.59 Å². The number of carbonyl (C=O) groups excluding carboxylic acids is 2. The highest BCUT2D eigenvalue weighted by atomic mass is 32.2. The second-order valence-corrected chi connectivity index (χ2v) is 9.95. The van der Waals surface area contributed by atoms with Crippen LogP contribution in [0.1, 0.15) is 30.4 Å². The molecule has 8 heteroatoms. The molecular formula is C23H27N3O4S. The molecule has 4 rings (SSSR count). The van der Waals surface area contributed by atoms with Crippen molar-refractivity contribution in [3.8, 4) is 0 Å². The summed E-state index contributed by atoms with van der Waals surface area (Å²) in [5, 5.41) is 2.87. The first-order valence-corrected chi connectivity index (χ1v) is 12.1. The molecule has 2 N–H and O–H groups in total. The maximum atomic E-state index is 12.5. The number of sulfonamides is 1. The predicted octanol–water partition coefficient (Wildman–Crippen LogP) is 1.83. The van der Waals surface area contributed by atoms with E-state index in [1.165, 1.54) is 5.56 Å². The van der Waals surface area contributed by atoms with Crippen molar-refractivity contribution in [3.05, 3.63) is 65.7 Å². The number of nitrogens with one attached hydrogen (secondary N) is 2. The average molecular weight is 442 g/mol. The molecule has 1 atom stereocenters. The molecule has 0 spiro atoms. The third kappa shape index (κ3) is 5.71. The molecule has 7 nitrogen and oxygen atoms in total. The summed E-state index contributed by atoms with van der Waals surface area (Å²) in [6, 6.07) is 16.5. The van der Waals surface area contributed by atoms with Crippen LogP contribution in [-0.4, -0.2) is 44.3 Å². The van der Waals surface area contributed by atoms with E-state index in [1.807, 2.05) is 30.3 Å². The van der Waals surface area contributed by atoms with Gasteiger partial charge in [0.15, 0.2) is 0 Å². The summed E-state index contributed by atoms with van der Waals surface area (Å²) in [6.07, 6.45) is 2.77. The van der Waals surface area contributed by atoms with Crippen molar-refractivity contribution in [1.82, 2.24) is 14.9 Å². The second-order valence-electron chi connectivity index (χ2n) is 8.23. The van der Waals surface area contributed by atoms with Crippen LogP contribution in [0.5, 0.6) is 0 Å². The number of hydrogen-bond acceptors (Lipinski definition) is 4. The van der Waals surface area contributed by atoms with Crippen LogP contribution in [0, 0.1) is 5.92 Å². The summed E-state index contributed by atoms with van der Waals surface area (Å²) in [6.45, 7) is 1.34. The summed E-state index contributed by atoms with van der Waals surface area (Å²) >= 11 is 0. The lowest BCUT2D eigenvalue weighted by Crippen LogP contribution is -2.33. The number of benzene rings is 2. The Hall–Kier alpha value is -2.71. The lowest BCUT2D eigenvalue weighted by molar-refractivity contribution is -0.129. The van der Waals surface area contributed by atoms with E-state index in [0.717, 1.165) is 24.8 Å². The molecule has 1 aliphatic carbocycles. The topological polar surface area (TPSA) is 95.6 Å². The lowest BCUT2D eigenvalue weighted by atomic mass is 10.1. The van der Waals surface area contributed by atoms with Gasteiger partial charge in [-0.2, -0.15) is 0 Å². The van der Waals surface area contributed by atoms with Crippen molar-refractivity contribution in [2.45, 2.75) is 43.2 Å². The molecule has 164 valence electrons. The fourth-order valence-corrected chi connectivity index (χ4v) is 4.99. The van der Waals surface area contributed by atoms with Gasteiger partial charge in [0.2, 0.25) is 21.8 Å². The Morgan fingerprint density at radius 1 is 1.00 bits per heavy atom. The molecule has 1 unspecified atom stereocenters. The predicted molar refractivity (Wildman–Crippen MR) is 116 cm³/mol. The lowest BCUT2D eigenvalue weighted by Gasteiger charge is -2.16. The quantitative estimate of drug-likeness (QED) is 0.621. The number of likely N-dealkylation sites (tertiary alicyclic amines) is 1. The first-order chi connectivity index (χ1) is 14.9. The van der Waals surface area contributed by atoms with Crippen molar-refractivity contribution in [2.75, 3.05) is 13.1 Å². The number of rotatable bonds is 9. The Labute approximate surface area is 182 Å². The summed E-state index contributed by atoms with van der Waals surface area (Å²) in [4.78, 5) is 26.8. The fourth-order valence-electron chi connectivity index (χ4n) is 3.68. The normalized spacial score (nSPS) is 18.9. The number of nitrogens with zero attached hydrogens (tertiary/aromatic N) is 1. The van der Waals surface area contributed by atoms with Crippen molar-refractivity contribution < 1.29 is 18.0 Å². The zero-order chi connectivity index (χ0) is 21.8. The summed E-state index contributed by atoms with van der Waals surface area (Å²) < 4.78 is 27.1. The molecule has 1 saturated heterocycles. The number of amides is 2. The Balaban J connectivity index is 1.25. The van der Waals surface area contributed by atoms with E-state index < -0.39 is 10.0 Å². The highest BCUT2D eigenvalue weighted by Gasteiger charge is 2.34. The van der Waals surface area contributed by atoms with Crippen molar-refractivity contribution >= 4 is 21.8 Å². The van der Waals surface area contributed by atoms with Gasteiger partial charge in [-0.1, -0.05) is 42.5 Å². The van der Waals surface area contributed by atoms with Crippen LogP contribution in [0.2, 0.25) is 0 Å². The SMILES string of the molecule is O=C(NCc1ccc(S(=O)(=O)NC2CC2)cc1)C1CC(=O)N(CCc2ccccc2)C1. The molecule has 1 saturated carbocycles. The third-order valence-corrected chi connectivity index (χ3v) is 7.23. The van der Waals surface area contributed by atoms with Crippen LogP contribution < -0.4 is 10.0 Å². The smallest absolute Gasteiger partial charge is 0.240 e. The van der Waals surface area contributed by atoms with Gasteiger partial charge in [0.1, 0.15) is 0 Å². The second kappa shape index (κ2) is 9.20. The van der Waals surface area contributed by atoms with Gasteiger partial charge < -0.3 is 10.2 Å². The molecule has 2 aromatic carbocycles. The molecule has 0 aromatic heterocycles. The van der Waals surface area contributed by atoms with Gasteiger partial charge in [0.25, 0.3) is 0 Å². The maximum Gasteiger partial charge on any atom is 0.240 e. The fraction of sp³-hybridized carbons (Fsp3) is 0.391. The van der Waals surface area contributed by atoms with E-state index >= 15 is 0 Å². The third-order valence-electron chi connectivity index (χ3n) is 5.70. The zero-order valence-electron chi connectivity index (χ0n) is 17.3. The molecule has 1 aliphatic heterocycles. The van der Waals surface area contributed by atoms with E-state index in [4.69, 9.17) is 0 Å². The van der Waals surface area contributed by atoms with Crippen LogP contribution in [0.25, 0.3) is 0 Å². The van der Waals surface area contributed by atoms with Gasteiger partial charge in [0, 0.05) is 32.1 Å². The Morgan fingerprint density at radius 2 is 1.71 bits per heavy atom. The van der Waals surface area contributed by atoms with Gasteiger partial charge in [-0.05, 0) is 42.5 Å². The van der Waals surface area contributed by atoms with E-state index in [2.05, 4.69) is 10.0 Å². The molecule has 2 aliphatic rings. The molecule has 1 heterocycles. The average Bonchev–Trinajstić information content (AvgIpc) is 3.50. The number of hydrogen-bond donors (Lipinski definition) is 2. The highest BCUT2D eigenvalue weighted by molar-refractivity contribution is 7.89. The Bertz CT molecular complexity index is 1030. The minimum atomic E-state index is -3.48. The number of carbonyl (C=O) groups is 2. The maximum absolute atomic E-state index is 12.5. The molecule has 2 amide bonds. The summed E-state index contributed by atoms with van der Waals surface area (Å²) in [7, 11) is -3.48.